The van der Waals surface area contributed by atoms with Gasteiger partial charge in [-0.2, -0.15) is 0 Å². The van der Waals surface area contributed by atoms with Crippen LogP contribution in [0.4, 0.5) is 11.4 Å². The summed E-state index contributed by atoms with van der Waals surface area (Å²) in [5.74, 6) is 0.916. The van der Waals surface area contributed by atoms with Crippen LogP contribution in [0.1, 0.15) is 51.9 Å². The Balaban J connectivity index is 1.57. The van der Waals surface area contributed by atoms with E-state index in [9.17, 15) is 0 Å². The van der Waals surface area contributed by atoms with Crippen LogP contribution >= 0.6 is 0 Å². The first-order chi connectivity index (χ1) is 9.81. The van der Waals surface area contributed by atoms with E-state index < -0.39 is 0 Å². The molecule has 1 saturated carbocycles. The molecule has 2 fully saturated rings. The number of anilines is 2. The second kappa shape index (κ2) is 6.51. The summed E-state index contributed by atoms with van der Waals surface area (Å²) < 4.78 is 0. The molecule has 2 nitrogen and oxygen atoms in total. The van der Waals surface area contributed by atoms with Crippen molar-refractivity contribution in [1.82, 2.24) is 0 Å². The maximum absolute atomic E-state index is 3.74. The highest BCUT2D eigenvalue weighted by molar-refractivity contribution is 5.55. The van der Waals surface area contributed by atoms with Crippen LogP contribution in [0.15, 0.2) is 24.3 Å². The van der Waals surface area contributed by atoms with Crippen molar-refractivity contribution in [3.8, 4) is 0 Å². The molecular weight excluding hydrogens is 244 g/mol. The zero-order valence-corrected chi connectivity index (χ0v) is 12.8. The highest BCUT2D eigenvalue weighted by Gasteiger charge is 2.16. The van der Waals surface area contributed by atoms with Gasteiger partial charge in [-0.3, -0.25) is 0 Å². The van der Waals surface area contributed by atoms with Crippen molar-refractivity contribution in [3.63, 3.8) is 0 Å². The Bertz CT molecular complexity index is 406. The van der Waals surface area contributed by atoms with Gasteiger partial charge in [0.2, 0.25) is 0 Å². The largest absolute Gasteiger partial charge is 0.382 e. The van der Waals surface area contributed by atoms with E-state index in [2.05, 4.69) is 41.4 Å². The lowest BCUT2D eigenvalue weighted by molar-refractivity contribution is 0.502. The van der Waals surface area contributed by atoms with Gasteiger partial charge in [0.25, 0.3) is 0 Å². The molecule has 0 aromatic heterocycles. The zero-order chi connectivity index (χ0) is 13.8. The molecule has 1 aliphatic carbocycles. The van der Waals surface area contributed by atoms with Gasteiger partial charge in [0.15, 0.2) is 0 Å². The van der Waals surface area contributed by atoms with E-state index in [4.69, 9.17) is 0 Å². The first-order valence-electron chi connectivity index (χ1n) is 8.43. The van der Waals surface area contributed by atoms with Crippen LogP contribution in [-0.2, 0) is 0 Å². The van der Waals surface area contributed by atoms with Gasteiger partial charge in [0.1, 0.15) is 0 Å². The molecule has 0 radical (unpaired) electrons. The maximum atomic E-state index is 3.74. The molecule has 1 aliphatic heterocycles. The molecule has 2 heteroatoms. The summed E-state index contributed by atoms with van der Waals surface area (Å²) in [6.07, 6.45) is 9.52. The van der Waals surface area contributed by atoms with Gasteiger partial charge in [-0.05, 0) is 62.3 Å². The Kier molecular flexibility index (Phi) is 4.49. The van der Waals surface area contributed by atoms with E-state index >= 15 is 0 Å². The number of rotatable bonds is 3. The molecule has 20 heavy (non-hydrogen) atoms. The fourth-order valence-corrected chi connectivity index (χ4v) is 3.61. The molecule has 1 heterocycles. The molecule has 0 bridgehead atoms. The molecule has 3 rings (SSSR count). The average Bonchev–Trinajstić information content (AvgIpc) is 2.92. The molecule has 2 aliphatic rings. The lowest BCUT2D eigenvalue weighted by Crippen LogP contribution is -2.19. The Morgan fingerprint density at radius 3 is 2.40 bits per heavy atom. The third-order valence-electron chi connectivity index (χ3n) is 4.97. The second-order valence-electron chi connectivity index (χ2n) is 6.70. The minimum absolute atomic E-state index is 0.678. The third kappa shape index (κ3) is 3.47. The van der Waals surface area contributed by atoms with E-state index in [1.807, 2.05) is 0 Å². The SMILES string of the molecule is CC1CCCC(Nc2ccc(N3CCCC3)cc2)CC1. The molecule has 0 amide bonds. The number of benzene rings is 1. The van der Waals surface area contributed by atoms with E-state index in [0.29, 0.717) is 6.04 Å². The van der Waals surface area contributed by atoms with Crippen molar-refractivity contribution in [2.75, 3.05) is 23.3 Å². The summed E-state index contributed by atoms with van der Waals surface area (Å²) >= 11 is 0. The molecule has 0 spiro atoms. The highest BCUT2D eigenvalue weighted by Crippen LogP contribution is 2.26. The molecule has 2 unspecified atom stereocenters. The lowest BCUT2D eigenvalue weighted by atomic mass is 10.0. The Labute approximate surface area is 123 Å². The van der Waals surface area contributed by atoms with Gasteiger partial charge in [0.05, 0.1) is 0 Å². The minimum atomic E-state index is 0.678. The molecule has 1 aromatic carbocycles. The van der Waals surface area contributed by atoms with Gasteiger partial charge in [0, 0.05) is 30.5 Å². The van der Waals surface area contributed by atoms with Gasteiger partial charge in [-0.15, -0.1) is 0 Å². The summed E-state index contributed by atoms with van der Waals surface area (Å²) in [7, 11) is 0. The van der Waals surface area contributed by atoms with Crippen molar-refractivity contribution < 1.29 is 0 Å². The maximum Gasteiger partial charge on any atom is 0.0367 e. The van der Waals surface area contributed by atoms with Crippen LogP contribution in [0.25, 0.3) is 0 Å². The Morgan fingerprint density at radius 2 is 1.65 bits per heavy atom. The van der Waals surface area contributed by atoms with E-state index in [0.717, 1.165) is 5.92 Å². The van der Waals surface area contributed by atoms with E-state index in [1.54, 1.807) is 0 Å². The van der Waals surface area contributed by atoms with Crippen LogP contribution < -0.4 is 10.2 Å². The van der Waals surface area contributed by atoms with Crippen LogP contribution in [0.2, 0.25) is 0 Å². The molecule has 2 atom stereocenters. The molecule has 1 saturated heterocycles. The van der Waals surface area contributed by atoms with Crippen molar-refractivity contribution >= 4 is 11.4 Å². The van der Waals surface area contributed by atoms with Crippen molar-refractivity contribution in [2.45, 2.75) is 57.9 Å². The van der Waals surface area contributed by atoms with Gasteiger partial charge in [-0.1, -0.05) is 19.8 Å². The summed E-state index contributed by atoms with van der Waals surface area (Å²) in [4.78, 5) is 2.50. The predicted molar refractivity (Wildman–Crippen MR) is 87.5 cm³/mol. The zero-order valence-electron chi connectivity index (χ0n) is 12.8. The fraction of sp³-hybridized carbons (Fsp3) is 0.667. The van der Waals surface area contributed by atoms with Crippen LogP contribution in [0, 0.1) is 5.92 Å². The fourth-order valence-electron chi connectivity index (χ4n) is 3.61. The number of nitrogens with one attached hydrogen (secondary N) is 1. The number of hydrogen-bond donors (Lipinski definition) is 1. The first-order valence-corrected chi connectivity index (χ1v) is 8.43. The van der Waals surface area contributed by atoms with Crippen LogP contribution in [-0.4, -0.2) is 19.1 Å². The Morgan fingerprint density at radius 1 is 0.900 bits per heavy atom. The van der Waals surface area contributed by atoms with Crippen LogP contribution in [0.5, 0.6) is 0 Å². The van der Waals surface area contributed by atoms with Gasteiger partial charge in [-0.25, -0.2) is 0 Å². The van der Waals surface area contributed by atoms with Crippen molar-refractivity contribution in [3.05, 3.63) is 24.3 Å². The number of nitrogens with zero attached hydrogens (tertiary/aromatic N) is 1. The Hall–Kier alpha value is -1.18. The van der Waals surface area contributed by atoms with Gasteiger partial charge < -0.3 is 10.2 Å². The highest BCUT2D eigenvalue weighted by atomic mass is 15.1. The smallest absolute Gasteiger partial charge is 0.0367 e. The monoisotopic (exact) mass is 272 g/mol. The van der Waals surface area contributed by atoms with E-state index in [1.165, 1.54) is 69.4 Å². The normalized spacial score (nSPS) is 27.4. The first kappa shape index (κ1) is 13.8. The average molecular weight is 272 g/mol. The predicted octanol–water partition coefficient (Wildman–Crippen LogP) is 4.67. The summed E-state index contributed by atoms with van der Waals surface area (Å²) in [6.45, 7) is 4.85. The third-order valence-corrected chi connectivity index (χ3v) is 4.97. The molecular formula is C18H28N2. The summed E-state index contributed by atoms with van der Waals surface area (Å²) in [6, 6.07) is 9.78. The summed E-state index contributed by atoms with van der Waals surface area (Å²) in [5, 5.41) is 3.74. The topological polar surface area (TPSA) is 15.3 Å². The van der Waals surface area contributed by atoms with Crippen molar-refractivity contribution in [2.24, 2.45) is 5.92 Å². The molecule has 1 aromatic rings. The standard InChI is InChI=1S/C18H28N2/c1-15-5-4-6-16(8-7-15)19-17-9-11-18(12-10-17)20-13-2-3-14-20/h9-12,15-16,19H,2-8,13-14H2,1H3. The van der Waals surface area contributed by atoms with Crippen molar-refractivity contribution in [1.29, 1.82) is 0 Å². The number of hydrogen-bond acceptors (Lipinski definition) is 2. The minimum Gasteiger partial charge on any atom is -0.382 e. The van der Waals surface area contributed by atoms with Crippen LogP contribution in [0.3, 0.4) is 0 Å². The van der Waals surface area contributed by atoms with Gasteiger partial charge >= 0.3 is 0 Å². The quantitative estimate of drug-likeness (QED) is 0.805. The van der Waals surface area contributed by atoms with E-state index in [-0.39, 0.29) is 0 Å². The summed E-state index contributed by atoms with van der Waals surface area (Å²) in [5.41, 5.74) is 2.69. The molecule has 110 valence electrons. The molecule has 1 N–H and O–H groups in total. The second-order valence-corrected chi connectivity index (χ2v) is 6.70. The lowest BCUT2D eigenvalue weighted by Gasteiger charge is -2.20.